The van der Waals surface area contributed by atoms with Gasteiger partial charge in [-0.3, -0.25) is 0 Å². The first-order valence-electron chi connectivity index (χ1n) is 15.1. The second-order valence-corrected chi connectivity index (χ2v) is 10.8. The van der Waals surface area contributed by atoms with Crippen LogP contribution >= 0.6 is 0 Å². The summed E-state index contributed by atoms with van der Waals surface area (Å²) in [5.41, 5.74) is 7.30. The van der Waals surface area contributed by atoms with Crippen LogP contribution in [-0.4, -0.2) is 30.1 Å². The van der Waals surface area contributed by atoms with Gasteiger partial charge in [0.05, 0.1) is 17.9 Å². The number of cyclic esters (lactones) is 1. The zero-order chi connectivity index (χ0) is 29.3. The third kappa shape index (κ3) is 4.35. The molecule has 5 nitrogen and oxygen atoms in total. The number of benzene rings is 3. The van der Waals surface area contributed by atoms with Crippen molar-refractivity contribution in [1.82, 2.24) is 4.40 Å². The third-order valence-corrected chi connectivity index (χ3v) is 8.49. The van der Waals surface area contributed by atoms with Crippen molar-refractivity contribution in [2.45, 2.75) is 46.1 Å². The normalized spacial score (nSPS) is 16.0. The molecule has 2 aromatic heterocycles. The first-order valence-corrected chi connectivity index (χ1v) is 15.1. The van der Waals surface area contributed by atoms with Crippen molar-refractivity contribution >= 4 is 17.2 Å². The van der Waals surface area contributed by atoms with Crippen LogP contribution < -0.4 is 9.64 Å². The van der Waals surface area contributed by atoms with Crippen LogP contribution in [0, 0.1) is 6.92 Å². The molecule has 0 saturated carbocycles. The molecule has 0 saturated heterocycles. The second kappa shape index (κ2) is 11.4. The average Bonchev–Trinajstić information content (AvgIpc) is 3.50. The number of unbranched alkanes of at least 4 members (excludes halogenated alkanes) is 1. The molecule has 6 rings (SSSR count). The van der Waals surface area contributed by atoms with Gasteiger partial charge in [0.25, 0.3) is 0 Å². The fourth-order valence-electron chi connectivity index (χ4n) is 6.43. The molecule has 42 heavy (non-hydrogen) atoms. The van der Waals surface area contributed by atoms with Crippen LogP contribution in [0.4, 0.5) is 5.69 Å². The number of nitrogens with zero attached hydrogens (tertiary/aromatic N) is 2. The Morgan fingerprint density at radius 1 is 0.857 bits per heavy atom. The molecule has 3 heterocycles. The zero-order valence-electron chi connectivity index (χ0n) is 24.9. The summed E-state index contributed by atoms with van der Waals surface area (Å²) in [4.78, 5) is 16.1. The van der Waals surface area contributed by atoms with Gasteiger partial charge in [-0.1, -0.05) is 67.9 Å². The number of anilines is 1. The van der Waals surface area contributed by atoms with Crippen molar-refractivity contribution in [2.75, 3.05) is 24.6 Å². The number of ether oxygens (including phenoxy) is 2. The molecule has 0 fully saturated rings. The summed E-state index contributed by atoms with van der Waals surface area (Å²) in [6, 6.07) is 30.8. The van der Waals surface area contributed by atoms with Gasteiger partial charge < -0.3 is 18.8 Å². The lowest BCUT2D eigenvalue weighted by Crippen LogP contribution is -2.33. The van der Waals surface area contributed by atoms with E-state index in [1.165, 1.54) is 0 Å². The number of carbonyl (C=O) groups is 1. The predicted molar refractivity (Wildman–Crippen MR) is 170 cm³/mol. The Morgan fingerprint density at radius 3 is 2.36 bits per heavy atom. The maximum absolute atomic E-state index is 13.8. The van der Waals surface area contributed by atoms with Crippen LogP contribution in [0.5, 0.6) is 5.75 Å². The minimum Gasteiger partial charge on any atom is -0.493 e. The highest BCUT2D eigenvalue weighted by Crippen LogP contribution is 2.54. The Balaban J connectivity index is 1.74. The van der Waals surface area contributed by atoms with E-state index in [4.69, 9.17) is 9.47 Å². The summed E-state index contributed by atoms with van der Waals surface area (Å²) in [6.45, 7) is 11.0. The summed E-state index contributed by atoms with van der Waals surface area (Å²) in [5.74, 6) is 0.403. The van der Waals surface area contributed by atoms with Crippen LogP contribution in [0.3, 0.4) is 0 Å². The maximum atomic E-state index is 13.8. The molecule has 0 bridgehead atoms. The zero-order valence-corrected chi connectivity index (χ0v) is 24.9. The van der Waals surface area contributed by atoms with Crippen LogP contribution in [-0.2, 0) is 10.3 Å². The molecule has 1 unspecified atom stereocenters. The van der Waals surface area contributed by atoms with E-state index in [1.54, 1.807) is 0 Å². The molecule has 3 aromatic carbocycles. The number of esters is 1. The number of aromatic nitrogens is 1. The molecular weight excluding hydrogens is 520 g/mol. The maximum Gasteiger partial charge on any atom is 0.340 e. The molecule has 5 heteroatoms. The summed E-state index contributed by atoms with van der Waals surface area (Å²) < 4.78 is 15.5. The van der Waals surface area contributed by atoms with Gasteiger partial charge in [-0.2, -0.15) is 0 Å². The number of fused-ring (bicyclic) bond motifs is 2. The molecule has 1 aliphatic rings. The Morgan fingerprint density at radius 2 is 1.60 bits per heavy atom. The Labute approximate surface area is 248 Å². The van der Waals surface area contributed by atoms with Gasteiger partial charge in [0, 0.05) is 53.2 Å². The van der Waals surface area contributed by atoms with Gasteiger partial charge in [0.1, 0.15) is 5.75 Å². The van der Waals surface area contributed by atoms with E-state index in [-0.39, 0.29) is 5.97 Å². The van der Waals surface area contributed by atoms with Gasteiger partial charge in [-0.05, 0) is 68.7 Å². The van der Waals surface area contributed by atoms with Crippen molar-refractivity contribution < 1.29 is 14.3 Å². The molecule has 0 amide bonds. The highest BCUT2D eigenvalue weighted by atomic mass is 16.6. The smallest absolute Gasteiger partial charge is 0.340 e. The number of aryl methyl sites for hydroxylation is 1. The van der Waals surface area contributed by atoms with E-state index in [9.17, 15) is 4.79 Å². The van der Waals surface area contributed by atoms with Crippen molar-refractivity contribution in [1.29, 1.82) is 0 Å². The lowest BCUT2D eigenvalue weighted by molar-refractivity contribution is 0.0230. The Hall–Kier alpha value is -4.51. The van der Waals surface area contributed by atoms with Gasteiger partial charge in [-0.15, -0.1) is 0 Å². The number of carbonyl (C=O) groups excluding carboxylic acids is 1. The molecule has 1 aliphatic heterocycles. The number of pyridine rings is 1. The van der Waals surface area contributed by atoms with E-state index in [0.717, 1.165) is 76.4 Å². The van der Waals surface area contributed by atoms with Crippen LogP contribution in [0.1, 0.15) is 66.4 Å². The summed E-state index contributed by atoms with van der Waals surface area (Å²) in [6.07, 6.45) is 4.03. The minimum absolute atomic E-state index is 0.333. The summed E-state index contributed by atoms with van der Waals surface area (Å²) in [5, 5.41) is 0. The van der Waals surface area contributed by atoms with E-state index < -0.39 is 5.60 Å². The van der Waals surface area contributed by atoms with Crippen molar-refractivity contribution in [3.63, 3.8) is 0 Å². The molecular formula is C37H38N2O3. The van der Waals surface area contributed by atoms with E-state index >= 15 is 0 Å². The van der Waals surface area contributed by atoms with E-state index in [2.05, 4.69) is 97.8 Å². The quantitative estimate of drug-likeness (QED) is 0.128. The van der Waals surface area contributed by atoms with Gasteiger partial charge in [0.15, 0.2) is 0 Å². The molecule has 0 aliphatic carbocycles. The predicted octanol–water partition coefficient (Wildman–Crippen LogP) is 8.40. The number of hydrogen-bond donors (Lipinski definition) is 0. The molecule has 0 N–H and O–H groups in total. The Bertz CT molecular complexity index is 1740. The van der Waals surface area contributed by atoms with Crippen molar-refractivity contribution in [3.8, 4) is 16.9 Å². The van der Waals surface area contributed by atoms with E-state index in [1.807, 2.05) is 36.4 Å². The largest absolute Gasteiger partial charge is 0.493 e. The molecule has 0 spiro atoms. The minimum atomic E-state index is -1.24. The second-order valence-electron chi connectivity index (χ2n) is 10.8. The van der Waals surface area contributed by atoms with Gasteiger partial charge in [0.2, 0.25) is 5.60 Å². The third-order valence-electron chi connectivity index (χ3n) is 8.49. The van der Waals surface area contributed by atoms with Crippen molar-refractivity contribution in [3.05, 3.63) is 125 Å². The van der Waals surface area contributed by atoms with Gasteiger partial charge in [-0.25, -0.2) is 4.79 Å². The van der Waals surface area contributed by atoms with Crippen LogP contribution in [0.15, 0.2) is 97.2 Å². The van der Waals surface area contributed by atoms with Crippen LogP contribution in [0.25, 0.3) is 16.6 Å². The highest BCUT2D eigenvalue weighted by molar-refractivity contribution is 5.97. The first kappa shape index (κ1) is 27.6. The van der Waals surface area contributed by atoms with E-state index in [0.29, 0.717) is 12.2 Å². The summed E-state index contributed by atoms with van der Waals surface area (Å²) in [7, 11) is 0. The fraction of sp³-hybridized carbons (Fsp3) is 0.270. The van der Waals surface area contributed by atoms with Crippen LogP contribution in [0.2, 0.25) is 0 Å². The molecule has 1 atom stereocenters. The molecule has 0 radical (unpaired) electrons. The standard InChI is InChI=1S/C37H38N2O3/c1-5-8-24-41-33-25-28(38(6-2)7-3)21-22-31(33)37(30-19-13-12-18-29(30)36(40)42-37)35-34(27-16-10-9-11-17-27)26(4)32-20-14-15-23-39(32)35/h9-23,25H,5-8,24H2,1-4H3. The monoisotopic (exact) mass is 558 g/mol. The fourth-order valence-corrected chi connectivity index (χ4v) is 6.43. The molecule has 5 aromatic rings. The average molecular weight is 559 g/mol. The first-order chi connectivity index (χ1) is 20.5. The van der Waals surface area contributed by atoms with Crippen molar-refractivity contribution in [2.24, 2.45) is 0 Å². The number of rotatable bonds is 10. The summed E-state index contributed by atoms with van der Waals surface area (Å²) >= 11 is 0. The topological polar surface area (TPSA) is 43.2 Å². The number of hydrogen-bond acceptors (Lipinski definition) is 4. The lowest BCUT2D eigenvalue weighted by Gasteiger charge is -2.33. The Kier molecular flexibility index (Phi) is 7.51. The SMILES string of the molecule is CCCCOc1cc(N(CC)CC)ccc1C1(c2c(-c3ccccc3)c(C)c3ccccn23)OC(=O)c2ccccc21. The van der Waals surface area contributed by atoms with Gasteiger partial charge >= 0.3 is 5.97 Å². The molecule has 214 valence electrons. The highest BCUT2D eigenvalue weighted by Gasteiger charge is 2.53. The lowest BCUT2D eigenvalue weighted by atomic mass is 9.79.